The normalized spacial score (nSPS) is 12.1. The molecule has 1 N–H and O–H groups in total. The highest BCUT2D eigenvalue weighted by molar-refractivity contribution is 6.30. The van der Waals surface area contributed by atoms with Gasteiger partial charge in [-0.2, -0.15) is 27.8 Å². The van der Waals surface area contributed by atoms with Crippen molar-refractivity contribution >= 4 is 28.9 Å². The highest BCUT2D eigenvalue weighted by Crippen LogP contribution is 2.37. The molecule has 27 heavy (non-hydrogen) atoms. The Kier molecular flexibility index (Phi) is 5.28. The maximum Gasteiger partial charge on any atom is 0.418 e. The van der Waals surface area contributed by atoms with Gasteiger partial charge in [-0.05, 0) is 43.9 Å². The summed E-state index contributed by atoms with van der Waals surface area (Å²) in [4.78, 5) is 8.69. The van der Waals surface area contributed by atoms with Crippen LogP contribution < -0.4 is 5.32 Å². The molecule has 0 unspecified atom stereocenters. The van der Waals surface area contributed by atoms with Crippen molar-refractivity contribution in [2.24, 2.45) is 0 Å². The first-order chi connectivity index (χ1) is 12.7. The molecule has 0 aliphatic rings. The number of hydrogen-bond donors (Lipinski definition) is 1. The summed E-state index contributed by atoms with van der Waals surface area (Å²) in [7, 11) is 0. The zero-order valence-electron chi connectivity index (χ0n) is 15.1. The Morgan fingerprint density at radius 3 is 2.52 bits per heavy atom. The predicted octanol–water partition coefficient (Wildman–Crippen LogP) is 5.75. The SMILES string of the molecule is CCC(CC)c1cnn2c(Nc3ccc(Cl)cc3C(F)(F)F)nc(C)nc12. The number of aryl methyl sites for hydroxylation is 1. The van der Waals surface area contributed by atoms with Gasteiger partial charge in [-0.25, -0.2) is 4.98 Å². The lowest BCUT2D eigenvalue weighted by Gasteiger charge is -2.15. The van der Waals surface area contributed by atoms with Gasteiger partial charge in [0.15, 0.2) is 5.65 Å². The van der Waals surface area contributed by atoms with E-state index in [1.807, 2.05) is 0 Å². The largest absolute Gasteiger partial charge is 0.418 e. The first-order valence-corrected chi connectivity index (χ1v) is 8.98. The second-order valence-electron chi connectivity index (χ2n) is 6.26. The summed E-state index contributed by atoms with van der Waals surface area (Å²) in [6.07, 6.45) is -1.02. The fourth-order valence-corrected chi connectivity index (χ4v) is 3.25. The quantitative estimate of drug-likeness (QED) is 0.595. The maximum absolute atomic E-state index is 13.4. The molecular formula is C18H19ClF3N5. The molecule has 0 spiro atoms. The molecule has 0 aliphatic carbocycles. The van der Waals surface area contributed by atoms with Crippen LogP contribution in [-0.4, -0.2) is 19.6 Å². The van der Waals surface area contributed by atoms with Crippen LogP contribution in [0.1, 0.15) is 49.6 Å². The Bertz CT molecular complexity index is 964. The molecule has 0 atom stereocenters. The lowest BCUT2D eigenvalue weighted by molar-refractivity contribution is -0.136. The third-order valence-corrected chi connectivity index (χ3v) is 4.70. The van der Waals surface area contributed by atoms with Crippen molar-refractivity contribution in [3.8, 4) is 0 Å². The van der Waals surface area contributed by atoms with Crippen molar-refractivity contribution < 1.29 is 13.2 Å². The van der Waals surface area contributed by atoms with Crippen molar-refractivity contribution in [3.05, 3.63) is 46.4 Å². The van der Waals surface area contributed by atoms with Gasteiger partial charge >= 0.3 is 6.18 Å². The second-order valence-corrected chi connectivity index (χ2v) is 6.69. The third kappa shape index (κ3) is 3.85. The van der Waals surface area contributed by atoms with Crippen molar-refractivity contribution in [2.75, 3.05) is 5.32 Å². The molecule has 9 heteroatoms. The Morgan fingerprint density at radius 1 is 1.19 bits per heavy atom. The number of alkyl halides is 3. The first kappa shape index (κ1) is 19.4. The van der Waals surface area contributed by atoms with E-state index in [0.717, 1.165) is 24.5 Å². The number of nitrogens with zero attached hydrogens (tertiary/aromatic N) is 4. The summed E-state index contributed by atoms with van der Waals surface area (Å²) in [6, 6.07) is 3.55. The number of rotatable bonds is 5. The summed E-state index contributed by atoms with van der Waals surface area (Å²) in [6.45, 7) is 5.85. The highest BCUT2D eigenvalue weighted by Gasteiger charge is 2.34. The van der Waals surface area contributed by atoms with E-state index in [4.69, 9.17) is 11.6 Å². The van der Waals surface area contributed by atoms with Gasteiger partial charge in [0.25, 0.3) is 0 Å². The topological polar surface area (TPSA) is 55.1 Å². The van der Waals surface area contributed by atoms with Crippen molar-refractivity contribution in [1.29, 1.82) is 0 Å². The van der Waals surface area contributed by atoms with Gasteiger partial charge in [-0.3, -0.25) is 0 Å². The van der Waals surface area contributed by atoms with Gasteiger partial charge in [0.2, 0.25) is 5.95 Å². The third-order valence-electron chi connectivity index (χ3n) is 4.47. The molecule has 3 rings (SSSR count). The average molecular weight is 398 g/mol. The van der Waals surface area contributed by atoms with Crippen LogP contribution in [0.15, 0.2) is 24.4 Å². The van der Waals surface area contributed by atoms with Crippen LogP contribution >= 0.6 is 11.6 Å². The number of anilines is 2. The van der Waals surface area contributed by atoms with E-state index in [2.05, 4.69) is 34.2 Å². The number of aromatic nitrogens is 4. The van der Waals surface area contributed by atoms with Gasteiger partial charge in [-0.1, -0.05) is 25.4 Å². The lowest BCUT2D eigenvalue weighted by Crippen LogP contribution is -2.12. The summed E-state index contributed by atoms with van der Waals surface area (Å²) < 4.78 is 41.6. The van der Waals surface area contributed by atoms with Crippen LogP contribution in [0.25, 0.3) is 5.65 Å². The Balaban J connectivity index is 2.12. The number of benzene rings is 1. The van der Waals surface area contributed by atoms with Gasteiger partial charge in [-0.15, -0.1) is 0 Å². The van der Waals surface area contributed by atoms with E-state index in [9.17, 15) is 13.2 Å². The van der Waals surface area contributed by atoms with Gasteiger partial charge in [0, 0.05) is 10.6 Å². The summed E-state index contributed by atoms with van der Waals surface area (Å²) in [5, 5.41) is 7.06. The molecule has 2 heterocycles. The minimum atomic E-state index is -4.56. The molecule has 5 nitrogen and oxygen atoms in total. The van der Waals surface area contributed by atoms with Crippen molar-refractivity contribution in [3.63, 3.8) is 0 Å². The molecule has 0 amide bonds. The predicted molar refractivity (Wildman–Crippen MR) is 98.6 cm³/mol. The fraction of sp³-hybridized carbons (Fsp3) is 0.389. The minimum Gasteiger partial charge on any atom is -0.323 e. The molecule has 0 radical (unpaired) electrons. The van der Waals surface area contributed by atoms with Gasteiger partial charge in [0.1, 0.15) is 5.82 Å². The van der Waals surface area contributed by atoms with E-state index in [-0.39, 0.29) is 22.6 Å². The van der Waals surface area contributed by atoms with E-state index in [1.165, 1.54) is 16.6 Å². The monoisotopic (exact) mass is 397 g/mol. The first-order valence-electron chi connectivity index (χ1n) is 8.60. The van der Waals surface area contributed by atoms with Crippen LogP contribution in [0.5, 0.6) is 0 Å². The Labute approximate surface area is 159 Å². The number of nitrogens with one attached hydrogen (secondary N) is 1. The molecular weight excluding hydrogens is 379 g/mol. The number of halogens is 4. The zero-order chi connectivity index (χ0) is 19.8. The molecule has 0 fully saturated rings. The van der Waals surface area contributed by atoms with E-state index < -0.39 is 11.7 Å². The minimum absolute atomic E-state index is 0.00648. The summed E-state index contributed by atoms with van der Waals surface area (Å²) >= 11 is 5.75. The van der Waals surface area contributed by atoms with E-state index in [0.29, 0.717) is 11.5 Å². The smallest absolute Gasteiger partial charge is 0.323 e. The molecule has 3 aromatic rings. The number of fused-ring (bicyclic) bond motifs is 1. The second kappa shape index (κ2) is 7.34. The molecule has 2 aromatic heterocycles. The van der Waals surface area contributed by atoms with Crippen LogP contribution in [0.4, 0.5) is 24.8 Å². The molecule has 0 aliphatic heterocycles. The Morgan fingerprint density at radius 2 is 1.89 bits per heavy atom. The van der Waals surface area contributed by atoms with Crippen LogP contribution in [-0.2, 0) is 6.18 Å². The van der Waals surface area contributed by atoms with E-state index in [1.54, 1.807) is 13.1 Å². The zero-order valence-corrected chi connectivity index (χ0v) is 15.9. The average Bonchev–Trinajstić information content (AvgIpc) is 3.00. The molecule has 1 aromatic carbocycles. The lowest BCUT2D eigenvalue weighted by atomic mass is 9.96. The summed E-state index contributed by atoms with van der Waals surface area (Å²) in [5.41, 5.74) is 0.541. The highest BCUT2D eigenvalue weighted by atomic mass is 35.5. The molecule has 0 saturated heterocycles. The van der Waals surface area contributed by atoms with Crippen LogP contribution in [0, 0.1) is 6.92 Å². The van der Waals surface area contributed by atoms with Gasteiger partial charge in [0.05, 0.1) is 17.4 Å². The molecule has 144 valence electrons. The Hall–Kier alpha value is -2.35. The summed E-state index contributed by atoms with van der Waals surface area (Å²) in [5.74, 6) is 0.883. The number of hydrogen-bond acceptors (Lipinski definition) is 4. The maximum atomic E-state index is 13.4. The molecule has 0 bridgehead atoms. The van der Waals surface area contributed by atoms with E-state index >= 15 is 0 Å². The fourth-order valence-electron chi connectivity index (χ4n) is 3.08. The van der Waals surface area contributed by atoms with Gasteiger partial charge < -0.3 is 5.32 Å². The molecule has 0 saturated carbocycles. The van der Waals surface area contributed by atoms with Crippen LogP contribution in [0.3, 0.4) is 0 Å². The van der Waals surface area contributed by atoms with Crippen molar-refractivity contribution in [1.82, 2.24) is 19.6 Å². The van der Waals surface area contributed by atoms with Crippen molar-refractivity contribution in [2.45, 2.75) is 45.7 Å². The standard InChI is InChI=1S/C18H19ClF3N5/c1-4-11(5-2)13-9-23-27-16(13)24-10(3)25-17(27)26-15-7-6-12(19)8-14(15)18(20,21)22/h6-9,11H,4-5H2,1-3H3,(H,24,25,26). The van der Waals surface area contributed by atoms with Crippen LogP contribution in [0.2, 0.25) is 5.02 Å².